The average molecular weight is 372 g/mol. The van der Waals surface area contributed by atoms with E-state index in [0.717, 1.165) is 28.0 Å². The highest BCUT2D eigenvalue weighted by Gasteiger charge is 2.12. The Morgan fingerprint density at radius 2 is 1.96 bits per heavy atom. The highest BCUT2D eigenvalue weighted by molar-refractivity contribution is 5.97. The molecule has 0 unspecified atom stereocenters. The molecule has 0 aliphatic heterocycles. The van der Waals surface area contributed by atoms with Crippen LogP contribution >= 0.6 is 0 Å². The van der Waals surface area contributed by atoms with Gasteiger partial charge < -0.3 is 9.47 Å². The van der Waals surface area contributed by atoms with Crippen LogP contribution in [0.1, 0.15) is 16.2 Å². The molecule has 4 aromatic rings. The van der Waals surface area contributed by atoms with Gasteiger partial charge in [0.25, 0.3) is 0 Å². The minimum atomic E-state index is -0.0346. The lowest BCUT2D eigenvalue weighted by molar-refractivity contribution is 0.0991. The Kier molecular flexibility index (Phi) is 4.57. The van der Waals surface area contributed by atoms with Crippen LogP contribution in [-0.4, -0.2) is 44.4 Å². The topological polar surface area (TPSA) is 76.8 Å². The molecule has 0 saturated carbocycles. The molecule has 4 rings (SSSR count). The molecule has 3 heterocycles. The van der Waals surface area contributed by atoms with Crippen molar-refractivity contribution in [3.63, 3.8) is 0 Å². The summed E-state index contributed by atoms with van der Waals surface area (Å²) in [6, 6.07) is 9.50. The van der Waals surface area contributed by atoms with Gasteiger partial charge in [0.1, 0.15) is 11.6 Å². The lowest BCUT2D eigenvalue weighted by atomic mass is 10.1. The van der Waals surface area contributed by atoms with Crippen LogP contribution in [0, 0.1) is 0 Å². The first-order valence-electron chi connectivity index (χ1n) is 8.90. The van der Waals surface area contributed by atoms with Gasteiger partial charge in [-0.25, -0.2) is 19.9 Å². The number of carbonyl (C=O) groups is 1. The largest absolute Gasteiger partial charge is 0.363 e. The van der Waals surface area contributed by atoms with Crippen molar-refractivity contribution in [2.24, 2.45) is 7.05 Å². The fraction of sp³-hybridized carbons (Fsp3) is 0.190. The number of nitrogens with zero attached hydrogens (tertiary/aromatic N) is 6. The number of hydrogen-bond donors (Lipinski definition) is 0. The number of imidazole rings is 1. The summed E-state index contributed by atoms with van der Waals surface area (Å²) in [5.74, 6) is 1.21. The molecule has 0 fully saturated rings. The number of anilines is 1. The van der Waals surface area contributed by atoms with E-state index in [-0.39, 0.29) is 12.2 Å². The Morgan fingerprint density at radius 3 is 2.71 bits per heavy atom. The molecular weight excluding hydrogens is 352 g/mol. The molecule has 0 spiro atoms. The summed E-state index contributed by atoms with van der Waals surface area (Å²) in [5, 5.41) is 0.931. The van der Waals surface area contributed by atoms with Crippen LogP contribution in [0.15, 0.2) is 55.2 Å². The summed E-state index contributed by atoms with van der Waals surface area (Å²) in [7, 11) is 5.74. The van der Waals surface area contributed by atoms with Gasteiger partial charge in [0.15, 0.2) is 5.78 Å². The number of aromatic nitrogens is 5. The molecule has 7 nitrogen and oxygen atoms in total. The number of aryl methyl sites for hydroxylation is 1. The third-order valence-electron chi connectivity index (χ3n) is 4.59. The molecule has 0 radical (unpaired) electrons. The predicted octanol–water partition coefficient (Wildman–Crippen LogP) is 2.92. The van der Waals surface area contributed by atoms with E-state index in [1.165, 1.54) is 0 Å². The molecular formula is C21H20N6O. The zero-order chi connectivity index (χ0) is 19.7. The molecule has 0 aliphatic carbocycles. The highest BCUT2D eigenvalue weighted by atomic mass is 16.1. The second kappa shape index (κ2) is 7.19. The molecule has 3 aromatic heterocycles. The zero-order valence-corrected chi connectivity index (χ0v) is 16.0. The van der Waals surface area contributed by atoms with Gasteiger partial charge in [0.05, 0.1) is 30.2 Å². The van der Waals surface area contributed by atoms with Crippen LogP contribution in [0.25, 0.3) is 22.2 Å². The number of benzene rings is 1. The Bertz CT molecular complexity index is 1160. The van der Waals surface area contributed by atoms with Crippen LogP contribution in [-0.2, 0) is 13.5 Å². The quantitative estimate of drug-likeness (QED) is 0.501. The highest BCUT2D eigenvalue weighted by Crippen LogP contribution is 2.23. The SMILES string of the molecule is CN(C)c1cc(C(=O)Cc2ncc3ccc(-c4cncn4C)cc3n2)ccn1. The molecule has 7 heteroatoms. The summed E-state index contributed by atoms with van der Waals surface area (Å²) in [6.45, 7) is 0. The first-order chi connectivity index (χ1) is 13.5. The Hall–Kier alpha value is -3.61. The minimum absolute atomic E-state index is 0.0346. The maximum atomic E-state index is 12.7. The number of rotatable bonds is 5. The standard InChI is InChI=1S/C21H20N6O/c1-26(2)21-9-15(6-7-23-21)19(28)10-20-24-11-16-5-4-14(8-17(16)25-20)18-12-22-13-27(18)3/h4-9,11-13H,10H2,1-3H3. The number of hydrogen-bond acceptors (Lipinski definition) is 6. The van der Waals surface area contributed by atoms with E-state index in [1.54, 1.807) is 30.9 Å². The average Bonchev–Trinajstić information content (AvgIpc) is 3.13. The van der Waals surface area contributed by atoms with Crippen LogP contribution in [0.4, 0.5) is 5.82 Å². The summed E-state index contributed by atoms with van der Waals surface area (Å²) >= 11 is 0. The van der Waals surface area contributed by atoms with Crippen molar-refractivity contribution < 1.29 is 4.79 Å². The molecule has 0 bridgehead atoms. The van der Waals surface area contributed by atoms with Gasteiger partial charge in [-0.2, -0.15) is 0 Å². The maximum Gasteiger partial charge on any atom is 0.170 e. The molecule has 140 valence electrons. The van der Waals surface area contributed by atoms with E-state index in [9.17, 15) is 4.79 Å². The van der Waals surface area contributed by atoms with Gasteiger partial charge in [-0.1, -0.05) is 12.1 Å². The zero-order valence-electron chi connectivity index (χ0n) is 16.0. The lowest BCUT2D eigenvalue weighted by Crippen LogP contribution is -2.13. The van der Waals surface area contributed by atoms with Crippen molar-refractivity contribution in [2.75, 3.05) is 19.0 Å². The van der Waals surface area contributed by atoms with E-state index in [2.05, 4.69) is 19.9 Å². The molecule has 0 amide bonds. The van der Waals surface area contributed by atoms with Crippen molar-refractivity contribution in [1.29, 1.82) is 0 Å². The van der Waals surface area contributed by atoms with Crippen LogP contribution in [0.3, 0.4) is 0 Å². The van der Waals surface area contributed by atoms with E-state index in [1.807, 2.05) is 55.0 Å². The first-order valence-corrected chi connectivity index (χ1v) is 8.90. The molecule has 0 N–H and O–H groups in total. The van der Waals surface area contributed by atoms with E-state index in [0.29, 0.717) is 11.4 Å². The fourth-order valence-corrected chi connectivity index (χ4v) is 3.02. The van der Waals surface area contributed by atoms with E-state index in [4.69, 9.17) is 0 Å². The Balaban J connectivity index is 1.63. The third-order valence-corrected chi connectivity index (χ3v) is 4.59. The smallest absolute Gasteiger partial charge is 0.170 e. The van der Waals surface area contributed by atoms with Gasteiger partial charge in [-0.05, 0) is 18.2 Å². The number of carbonyl (C=O) groups excluding carboxylic acids is 1. The monoisotopic (exact) mass is 372 g/mol. The molecule has 1 aromatic carbocycles. The van der Waals surface area contributed by atoms with E-state index >= 15 is 0 Å². The summed E-state index contributed by atoms with van der Waals surface area (Å²) in [4.78, 5) is 31.9. The second-order valence-corrected chi connectivity index (χ2v) is 6.85. The Labute approximate surface area is 162 Å². The van der Waals surface area contributed by atoms with Crippen LogP contribution in [0.5, 0.6) is 0 Å². The van der Waals surface area contributed by atoms with Gasteiger partial charge in [0.2, 0.25) is 0 Å². The normalized spacial score (nSPS) is 11.0. The van der Waals surface area contributed by atoms with Crippen molar-refractivity contribution in [2.45, 2.75) is 6.42 Å². The predicted molar refractivity (Wildman–Crippen MR) is 108 cm³/mol. The fourth-order valence-electron chi connectivity index (χ4n) is 3.02. The molecule has 0 atom stereocenters. The van der Waals surface area contributed by atoms with Gasteiger partial charge in [0, 0.05) is 50.0 Å². The van der Waals surface area contributed by atoms with Gasteiger partial charge >= 0.3 is 0 Å². The van der Waals surface area contributed by atoms with Gasteiger partial charge in [-0.15, -0.1) is 0 Å². The first kappa shape index (κ1) is 17.8. The Morgan fingerprint density at radius 1 is 1.11 bits per heavy atom. The summed E-state index contributed by atoms with van der Waals surface area (Å²) in [6.07, 6.45) is 7.13. The van der Waals surface area contributed by atoms with Gasteiger partial charge in [-0.3, -0.25) is 4.79 Å². The second-order valence-electron chi connectivity index (χ2n) is 6.85. The number of fused-ring (bicyclic) bond motifs is 1. The van der Waals surface area contributed by atoms with Crippen molar-refractivity contribution >= 4 is 22.5 Å². The van der Waals surface area contributed by atoms with Crippen LogP contribution < -0.4 is 4.90 Å². The van der Waals surface area contributed by atoms with E-state index < -0.39 is 0 Å². The molecule has 28 heavy (non-hydrogen) atoms. The lowest BCUT2D eigenvalue weighted by Gasteiger charge is -2.11. The molecule has 0 saturated heterocycles. The minimum Gasteiger partial charge on any atom is -0.363 e. The number of ketones is 1. The van der Waals surface area contributed by atoms with Crippen LogP contribution in [0.2, 0.25) is 0 Å². The molecule has 0 aliphatic rings. The van der Waals surface area contributed by atoms with Crippen molar-refractivity contribution in [1.82, 2.24) is 24.5 Å². The van der Waals surface area contributed by atoms with Crippen molar-refractivity contribution in [3.8, 4) is 11.3 Å². The van der Waals surface area contributed by atoms with Crippen molar-refractivity contribution in [3.05, 3.63) is 66.6 Å². The summed E-state index contributed by atoms with van der Waals surface area (Å²) < 4.78 is 1.96. The maximum absolute atomic E-state index is 12.7. The summed E-state index contributed by atoms with van der Waals surface area (Å²) in [5.41, 5.74) is 3.44. The number of pyridine rings is 1. The number of Topliss-reactive ketones (excluding diaryl/α,β-unsaturated/α-hetero) is 1. The third kappa shape index (κ3) is 3.46.